The Hall–Kier alpha value is -5.13. The second-order valence-corrected chi connectivity index (χ2v) is 11.7. The van der Waals surface area contributed by atoms with E-state index in [1.165, 1.54) is 11.0 Å². The number of nitrogens with zero attached hydrogens (tertiary/aromatic N) is 7. The lowest BCUT2D eigenvalue weighted by molar-refractivity contribution is -0.274. The number of amidine groups is 1. The fraction of sp³-hybridized carbons (Fsp3) is 0.267. The van der Waals surface area contributed by atoms with Crippen molar-refractivity contribution in [1.82, 2.24) is 19.7 Å². The smallest absolute Gasteiger partial charge is 0.404 e. The Bertz CT molecular complexity index is 1870. The molecule has 18 heteroatoms. The molecule has 0 aliphatic carbocycles. The number of rotatable bonds is 7. The molecule has 1 N–H and O–H groups in total. The molecule has 0 radical (unpaired) electrons. The van der Waals surface area contributed by atoms with Crippen molar-refractivity contribution < 1.29 is 40.7 Å². The molecular formula is C30H26F6N8O3S. The monoisotopic (exact) mass is 692 g/mol. The topological polar surface area (TPSA) is 118 Å². The minimum atomic E-state index is -4.92. The zero-order chi connectivity index (χ0) is 35.0. The average molecular weight is 693 g/mol. The van der Waals surface area contributed by atoms with Gasteiger partial charge in [0.1, 0.15) is 12.1 Å². The summed E-state index contributed by atoms with van der Waals surface area (Å²) in [5.74, 6) is -1.06. The molecule has 48 heavy (non-hydrogen) atoms. The maximum absolute atomic E-state index is 14.2. The summed E-state index contributed by atoms with van der Waals surface area (Å²) in [6, 6.07) is 9.56. The Labute approximate surface area is 273 Å². The summed E-state index contributed by atoms with van der Waals surface area (Å²) >= 11 is 0.989. The van der Waals surface area contributed by atoms with Crippen molar-refractivity contribution in [2.75, 3.05) is 35.0 Å². The predicted octanol–water partition coefficient (Wildman–Crippen LogP) is 7.10. The first-order chi connectivity index (χ1) is 22.5. The van der Waals surface area contributed by atoms with Gasteiger partial charge in [-0.1, -0.05) is 31.7 Å². The molecule has 4 aromatic rings. The summed E-state index contributed by atoms with van der Waals surface area (Å²) in [7, 11) is 3.66. The average Bonchev–Trinajstić information content (AvgIpc) is 3.63. The lowest BCUT2D eigenvalue weighted by Crippen LogP contribution is -2.31. The largest absolute Gasteiger partial charge is 0.573 e. The molecule has 11 nitrogen and oxygen atoms in total. The predicted molar refractivity (Wildman–Crippen MR) is 168 cm³/mol. The molecule has 3 amide bonds. The second kappa shape index (κ2) is 13.2. The number of halogens is 6. The Balaban J connectivity index is 1.40. The SMILES string of the molecule is CC(C)c1ccc(N(C)C)cc1N1C(=O)CSC1=NC(=O)Nc1ccc(-c2ncn(-c3ccc(OC(F)(F)F)cn3)n2)cc1C(F)(F)F. The van der Waals surface area contributed by atoms with E-state index in [2.05, 4.69) is 30.1 Å². The van der Waals surface area contributed by atoms with Crippen molar-refractivity contribution in [3.8, 4) is 23.0 Å². The molecule has 2 aromatic heterocycles. The van der Waals surface area contributed by atoms with Crippen LogP contribution in [0, 0.1) is 0 Å². The molecule has 3 heterocycles. The second-order valence-electron chi connectivity index (χ2n) is 10.8. The number of aliphatic imine (C=N–C) groups is 1. The van der Waals surface area contributed by atoms with Crippen LogP contribution in [0.5, 0.6) is 5.75 Å². The van der Waals surface area contributed by atoms with Crippen LogP contribution in [0.25, 0.3) is 17.2 Å². The van der Waals surface area contributed by atoms with Crippen molar-refractivity contribution in [2.45, 2.75) is 32.3 Å². The van der Waals surface area contributed by atoms with E-state index in [1.807, 2.05) is 45.0 Å². The fourth-order valence-corrected chi connectivity index (χ4v) is 5.50. The zero-order valence-corrected chi connectivity index (χ0v) is 26.4. The van der Waals surface area contributed by atoms with Crippen LogP contribution in [-0.4, -0.2) is 63.1 Å². The fourth-order valence-electron chi connectivity index (χ4n) is 4.64. The summed E-state index contributed by atoms with van der Waals surface area (Å²) in [5.41, 5.74) is 0.240. The first kappa shape index (κ1) is 34.2. The maximum Gasteiger partial charge on any atom is 0.573 e. The first-order valence-electron chi connectivity index (χ1n) is 14.0. The number of anilines is 3. The highest BCUT2D eigenvalue weighted by Gasteiger charge is 2.36. The minimum Gasteiger partial charge on any atom is -0.404 e. The van der Waals surface area contributed by atoms with E-state index < -0.39 is 35.6 Å². The van der Waals surface area contributed by atoms with Crippen LogP contribution < -0.4 is 19.9 Å². The van der Waals surface area contributed by atoms with Crippen molar-refractivity contribution in [1.29, 1.82) is 0 Å². The quantitative estimate of drug-likeness (QED) is 0.204. The molecule has 1 aliphatic rings. The third kappa shape index (κ3) is 7.70. The van der Waals surface area contributed by atoms with Crippen LogP contribution in [-0.2, 0) is 11.0 Å². The zero-order valence-electron chi connectivity index (χ0n) is 25.6. The maximum atomic E-state index is 14.2. The number of carbonyl (C=O) groups is 2. The molecule has 1 saturated heterocycles. The number of urea groups is 1. The van der Waals surface area contributed by atoms with Crippen LogP contribution in [0.4, 0.5) is 48.2 Å². The summed E-state index contributed by atoms with van der Waals surface area (Å²) in [5, 5.41) is 6.27. The summed E-state index contributed by atoms with van der Waals surface area (Å²) in [6.07, 6.45) is -7.92. The number of hydrogen-bond acceptors (Lipinski definition) is 8. The van der Waals surface area contributed by atoms with Crippen LogP contribution >= 0.6 is 11.8 Å². The van der Waals surface area contributed by atoms with Gasteiger partial charge in [-0.25, -0.2) is 19.4 Å². The van der Waals surface area contributed by atoms with Crippen LogP contribution in [0.1, 0.15) is 30.9 Å². The van der Waals surface area contributed by atoms with Gasteiger partial charge >= 0.3 is 18.6 Å². The first-order valence-corrected chi connectivity index (χ1v) is 15.0. The molecule has 0 atom stereocenters. The Kier molecular flexibility index (Phi) is 9.39. The summed E-state index contributed by atoms with van der Waals surface area (Å²) in [6.45, 7) is 3.89. The van der Waals surface area contributed by atoms with E-state index >= 15 is 0 Å². The number of carbonyl (C=O) groups excluding carboxylic acids is 2. The Morgan fingerprint density at radius 1 is 1.04 bits per heavy atom. The van der Waals surface area contributed by atoms with Gasteiger partial charge in [-0.2, -0.15) is 18.2 Å². The minimum absolute atomic E-state index is 0.00751. The lowest BCUT2D eigenvalue weighted by Gasteiger charge is -2.24. The molecule has 0 unspecified atom stereocenters. The van der Waals surface area contributed by atoms with Gasteiger partial charge in [0.2, 0.25) is 5.91 Å². The highest BCUT2D eigenvalue weighted by Crippen LogP contribution is 2.38. The van der Waals surface area contributed by atoms with Crippen LogP contribution in [0.2, 0.25) is 0 Å². The molecule has 1 fully saturated rings. The van der Waals surface area contributed by atoms with Crippen molar-refractivity contribution in [2.24, 2.45) is 4.99 Å². The number of thioether (sulfide) groups is 1. The number of hydrogen-bond donors (Lipinski definition) is 1. The van der Waals surface area contributed by atoms with Gasteiger partial charge in [-0.15, -0.1) is 18.3 Å². The highest BCUT2D eigenvalue weighted by atomic mass is 32.2. The van der Waals surface area contributed by atoms with E-state index in [1.54, 1.807) is 6.07 Å². The molecule has 0 saturated carbocycles. The van der Waals surface area contributed by atoms with Gasteiger partial charge in [0.25, 0.3) is 0 Å². The number of pyridine rings is 1. The van der Waals surface area contributed by atoms with Crippen LogP contribution in [0.15, 0.2) is 66.0 Å². The van der Waals surface area contributed by atoms with Crippen molar-refractivity contribution in [3.05, 3.63) is 72.2 Å². The lowest BCUT2D eigenvalue weighted by atomic mass is 9.99. The summed E-state index contributed by atoms with van der Waals surface area (Å²) in [4.78, 5) is 40.9. The molecule has 1 aliphatic heterocycles. The number of ether oxygens (including phenoxy) is 1. The van der Waals surface area contributed by atoms with Gasteiger partial charge < -0.3 is 15.0 Å². The summed E-state index contributed by atoms with van der Waals surface area (Å²) < 4.78 is 84.7. The Morgan fingerprint density at radius 3 is 2.42 bits per heavy atom. The molecule has 252 valence electrons. The standard InChI is InChI=1S/C30H26F6N8O3S/c1-16(2)20-8-6-18(42(3)4)12-23(20)44-25(45)14-48-28(44)40-27(46)39-22-9-5-17(11-21(22)29(31,32)33)26-38-15-43(41-26)24-10-7-19(13-37-24)47-30(34,35)36/h5-13,15-16H,14H2,1-4H3,(H,39,46). The molecule has 0 spiro atoms. The van der Waals surface area contributed by atoms with E-state index in [-0.39, 0.29) is 40.0 Å². The third-order valence-corrected chi connectivity index (χ3v) is 7.78. The van der Waals surface area contributed by atoms with Crippen molar-refractivity contribution in [3.63, 3.8) is 0 Å². The van der Waals surface area contributed by atoms with E-state index in [0.29, 0.717) is 5.69 Å². The Morgan fingerprint density at radius 2 is 1.79 bits per heavy atom. The molecule has 2 aromatic carbocycles. The third-order valence-electron chi connectivity index (χ3n) is 6.86. The van der Waals surface area contributed by atoms with Crippen molar-refractivity contribution >= 4 is 45.9 Å². The van der Waals surface area contributed by atoms with Gasteiger partial charge in [0, 0.05) is 25.3 Å². The number of alkyl halides is 6. The van der Waals surface area contributed by atoms with E-state index in [9.17, 15) is 35.9 Å². The van der Waals surface area contributed by atoms with E-state index in [0.717, 1.165) is 64.5 Å². The van der Waals surface area contributed by atoms with E-state index in [4.69, 9.17) is 0 Å². The number of aromatic nitrogens is 4. The number of nitrogens with one attached hydrogen (secondary N) is 1. The normalized spacial score (nSPS) is 14.6. The molecular weight excluding hydrogens is 666 g/mol. The van der Waals surface area contributed by atoms with Gasteiger partial charge in [-0.3, -0.25) is 9.69 Å². The molecule has 0 bridgehead atoms. The molecule has 5 rings (SSSR count). The van der Waals surface area contributed by atoms with Gasteiger partial charge in [0.05, 0.1) is 28.9 Å². The highest BCUT2D eigenvalue weighted by molar-refractivity contribution is 8.15. The van der Waals surface area contributed by atoms with Crippen LogP contribution in [0.3, 0.4) is 0 Å². The number of amides is 3. The van der Waals surface area contributed by atoms with Gasteiger partial charge in [0.15, 0.2) is 16.8 Å². The van der Waals surface area contributed by atoms with Gasteiger partial charge in [-0.05, 0) is 53.9 Å². The number of benzene rings is 2.